The summed E-state index contributed by atoms with van der Waals surface area (Å²) in [6.45, 7) is 0.124. The summed E-state index contributed by atoms with van der Waals surface area (Å²) in [5.74, 6) is 0.509. The average molecular weight is 141 g/mol. The van der Waals surface area contributed by atoms with Gasteiger partial charge < -0.3 is 10.8 Å². The molecule has 0 spiro atoms. The standard InChI is InChI=1S/C8H15NO/c9-8(6-10)7-4-2-1-3-5-7/h1-2,7-8,10H,3-6,9H2/t7?,8-/m0/s1. The number of nitrogens with two attached hydrogens (primary N) is 1. The van der Waals surface area contributed by atoms with E-state index >= 15 is 0 Å². The van der Waals surface area contributed by atoms with Gasteiger partial charge in [-0.25, -0.2) is 0 Å². The molecule has 0 aromatic rings. The quantitative estimate of drug-likeness (QED) is 0.555. The van der Waals surface area contributed by atoms with Crippen LogP contribution in [0.25, 0.3) is 0 Å². The summed E-state index contributed by atoms with van der Waals surface area (Å²) in [6, 6.07) is -0.00931. The van der Waals surface area contributed by atoms with Crippen LogP contribution in [0.5, 0.6) is 0 Å². The van der Waals surface area contributed by atoms with E-state index in [0.717, 1.165) is 19.3 Å². The molecule has 1 unspecified atom stereocenters. The van der Waals surface area contributed by atoms with Crippen LogP contribution in [0.2, 0.25) is 0 Å². The molecule has 2 nitrogen and oxygen atoms in total. The fourth-order valence-corrected chi connectivity index (χ4v) is 1.35. The van der Waals surface area contributed by atoms with Gasteiger partial charge in [-0.05, 0) is 25.2 Å². The van der Waals surface area contributed by atoms with E-state index in [0.29, 0.717) is 5.92 Å². The Morgan fingerprint density at radius 2 is 2.40 bits per heavy atom. The van der Waals surface area contributed by atoms with Crippen LogP contribution < -0.4 is 5.73 Å². The van der Waals surface area contributed by atoms with E-state index in [9.17, 15) is 0 Å². The lowest BCUT2D eigenvalue weighted by atomic mass is 9.89. The lowest BCUT2D eigenvalue weighted by Crippen LogP contribution is -2.33. The van der Waals surface area contributed by atoms with E-state index in [-0.39, 0.29) is 12.6 Å². The maximum Gasteiger partial charge on any atom is 0.0585 e. The highest BCUT2D eigenvalue weighted by atomic mass is 16.3. The van der Waals surface area contributed by atoms with Crippen LogP contribution in [0, 0.1) is 5.92 Å². The fraction of sp³-hybridized carbons (Fsp3) is 0.750. The molecule has 2 heteroatoms. The van der Waals surface area contributed by atoms with Crippen LogP contribution in [0.1, 0.15) is 19.3 Å². The van der Waals surface area contributed by atoms with Crippen molar-refractivity contribution in [3.8, 4) is 0 Å². The molecule has 10 heavy (non-hydrogen) atoms. The van der Waals surface area contributed by atoms with E-state index in [1.54, 1.807) is 0 Å². The van der Waals surface area contributed by atoms with E-state index in [1.165, 1.54) is 0 Å². The molecule has 0 amide bonds. The summed E-state index contributed by atoms with van der Waals surface area (Å²) in [4.78, 5) is 0. The van der Waals surface area contributed by atoms with E-state index < -0.39 is 0 Å². The zero-order valence-corrected chi connectivity index (χ0v) is 6.16. The number of hydrogen-bond donors (Lipinski definition) is 2. The predicted octanol–water partition coefficient (Wildman–Crippen LogP) is 0.662. The Kier molecular flexibility index (Phi) is 2.90. The largest absolute Gasteiger partial charge is 0.395 e. The molecule has 0 saturated carbocycles. The minimum absolute atomic E-state index is 0.00931. The molecule has 0 bridgehead atoms. The van der Waals surface area contributed by atoms with Crippen LogP contribution in [0.15, 0.2) is 12.2 Å². The van der Waals surface area contributed by atoms with Gasteiger partial charge in [-0.15, -0.1) is 0 Å². The summed E-state index contributed by atoms with van der Waals surface area (Å²) in [6.07, 6.45) is 7.64. The van der Waals surface area contributed by atoms with Gasteiger partial charge in [0.05, 0.1) is 6.61 Å². The highest BCUT2D eigenvalue weighted by Gasteiger charge is 2.16. The maximum absolute atomic E-state index is 8.74. The Hall–Kier alpha value is -0.340. The van der Waals surface area contributed by atoms with E-state index in [1.807, 2.05) is 0 Å². The second-order valence-electron chi connectivity index (χ2n) is 2.89. The molecule has 58 valence electrons. The molecule has 0 aliphatic heterocycles. The second kappa shape index (κ2) is 3.74. The van der Waals surface area contributed by atoms with Gasteiger partial charge in [0.1, 0.15) is 0 Å². The zero-order valence-electron chi connectivity index (χ0n) is 6.16. The van der Waals surface area contributed by atoms with Crippen LogP contribution in [-0.4, -0.2) is 17.8 Å². The van der Waals surface area contributed by atoms with E-state index in [4.69, 9.17) is 10.8 Å². The Morgan fingerprint density at radius 3 is 2.90 bits per heavy atom. The van der Waals surface area contributed by atoms with Gasteiger partial charge in [0.25, 0.3) is 0 Å². The van der Waals surface area contributed by atoms with Crippen molar-refractivity contribution in [2.45, 2.75) is 25.3 Å². The second-order valence-corrected chi connectivity index (χ2v) is 2.89. The predicted molar refractivity (Wildman–Crippen MR) is 41.5 cm³/mol. The third-order valence-electron chi connectivity index (χ3n) is 2.13. The fourth-order valence-electron chi connectivity index (χ4n) is 1.35. The van der Waals surface area contributed by atoms with Crippen molar-refractivity contribution in [2.24, 2.45) is 11.7 Å². The Balaban J connectivity index is 2.33. The van der Waals surface area contributed by atoms with Crippen LogP contribution >= 0.6 is 0 Å². The smallest absolute Gasteiger partial charge is 0.0585 e. The van der Waals surface area contributed by atoms with Gasteiger partial charge in [-0.3, -0.25) is 0 Å². The molecular formula is C8H15NO. The summed E-state index contributed by atoms with van der Waals surface area (Å²) in [7, 11) is 0. The number of aliphatic hydroxyl groups excluding tert-OH is 1. The number of rotatable bonds is 2. The zero-order chi connectivity index (χ0) is 7.40. The summed E-state index contributed by atoms with van der Waals surface area (Å²) in [5.41, 5.74) is 5.66. The summed E-state index contributed by atoms with van der Waals surface area (Å²) >= 11 is 0. The van der Waals surface area contributed by atoms with Crippen LogP contribution in [0.4, 0.5) is 0 Å². The molecule has 0 radical (unpaired) electrons. The lowest BCUT2D eigenvalue weighted by Gasteiger charge is -2.22. The normalized spacial score (nSPS) is 28.4. The third kappa shape index (κ3) is 1.82. The van der Waals surface area contributed by atoms with Crippen molar-refractivity contribution >= 4 is 0 Å². The first-order valence-corrected chi connectivity index (χ1v) is 3.86. The molecule has 1 aliphatic carbocycles. The SMILES string of the molecule is N[C@@H](CO)C1CC=CCC1. The summed E-state index contributed by atoms with van der Waals surface area (Å²) in [5, 5.41) is 8.74. The van der Waals surface area contributed by atoms with Gasteiger partial charge in [0.15, 0.2) is 0 Å². The van der Waals surface area contributed by atoms with Crippen LogP contribution in [0.3, 0.4) is 0 Å². The molecule has 0 fully saturated rings. The molecule has 3 N–H and O–H groups in total. The van der Waals surface area contributed by atoms with Crippen molar-refractivity contribution in [1.29, 1.82) is 0 Å². The van der Waals surface area contributed by atoms with Gasteiger partial charge in [0, 0.05) is 6.04 Å². The Labute approximate surface area is 61.7 Å². The van der Waals surface area contributed by atoms with Crippen molar-refractivity contribution in [3.05, 3.63) is 12.2 Å². The first-order chi connectivity index (χ1) is 4.84. The highest BCUT2D eigenvalue weighted by molar-refractivity contribution is 4.92. The van der Waals surface area contributed by atoms with Crippen molar-refractivity contribution in [2.75, 3.05) is 6.61 Å². The number of hydrogen-bond acceptors (Lipinski definition) is 2. The Bertz CT molecular complexity index is 122. The van der Waals surface area contributed by atoms with E-state index in [2.05, 4.69) is 12.2 Å². The monoisotopic (exact) mass is 141 g/mol. The Morgan fingerprint density at radius 1 is 1.60 bits per heavy atom. The molecule has 0 aromatic heterocycles. The minimum Gasteiger partial charge on any atom is -0.395 e. The number of aliphatic hydroxyl groups is 1. The number of allylic oxidation sites excluding steroid dienone is 2. The van der Waals surface area contributed by atoms with Crippen molar-refractivity contribution < 1.29 is 5.11 Å². The van der Waals surface area contributed by atoms with Gasteiger partial charge >= 0.3 is 0 Å². The first kappa shape index (κ1) is 7.76. The molecule has 2 atom stereocenters. The highest BCUT2D eigenvalue weighted by Crippen LogP contribution is 2.19. The van der Waals surface area contributed by atoms with Crippen molar-refractivity contribution in [1.82, 2.24) is 0 Å². The first-order valence-electron chi connectivity index (χ1n) is 3.86. The molecule has 0 aromatic carbocycles. The topological polar surface area (TPSA) is 46.2 Å². The molecule has 1 rings (SSSR count). The molecule has 1 aliphatic rings. The van der Waals surface area contributed by atoms with Crippen molar-refractivity contribution in [3.63, 3.8) is 0 Å². The molecular weight excluding hydrogens is 126 g/mol. The summed E-state index contributed by atoms with van der Waals surface area (Å²) < 4.78 is 0. The maximum atomic E-state index is 8.74. The van der Waals surface area contributed by atoms with Gasteiger partial charge in [-0.1, -0.05) is 12.2 Å². The van der Waals surface area contributed by atoms with Gasteiger partial charge in [0.2, 0.25) is 0 Å². The van der Waals surface area contributed by atoms with Gasteiger partial charge in [-0.2, -0.15) is 0 Å². The molecule has 0 saturated heterocycles. The third-order valence-corrected chi connectivity index (χ3v) is 2.13. The minimum atomic E-state index is -0.00931. The average Bonchev–Trinajstić information content (AvgIpc) is 2.05. The van der Waals surface area contributed by atoms with Crippen LogP contribution in [-0.2, 0) is 0 Å². The lowest BCUT2D eigenvalue weighted by molar-refractivity contribution is 0.219. The molecule has 0 heterocycles.